The first kappa shape index (κ1) is 13.5. The molecule has 0 aliphatic heterocycles. The normalized spacial score (nSPS) is 10.7. The summed E-state index contributed by atoms with van der Waals surface area (Å²) in [6.45, 7) is 2.08. The molecule has 0 radical (unpaired) electrons. The smallest absolute Gasteiger partial charge is 0.165 e. The van der Waals surface area contributed by atoms with E-state index in [1.165, 1.54) is 11.1 Å². The van der Waals surface area contributed by atoms with Crippen LogP contribution in [0.3, 0.4) is 0 Å². The molecule has 0 aliphatic carbocycles. The summed E-state index contributed by atoms with van der Waals surface area (Å²) in [5.74, 6) is 0.155. The molecule has 1 heterocycles. The van der Waals surface area contributed by atoms with Crippen LogP contribution < -0.4 is 0 Å². The highest BCUT2D eigenvalue weighted by Crippen LogP contribution is 2.19. The van der Waals surface area contributed by atoms with Gasteiger partial charge in [-0.05, 0) is 29.9 Å². The number of carbonyl (C=O) groups is 1. The van der Waals surface area contributed by atoms with Gasteiger partial charge in [0.25, 0.3) is 0 Å². The van der Waals surface area contributed by atoms with E-state index in [0.29, 0.717) is 6.42 Å². The van der Waals surface area contributed by atoms with Crippen molar-refractivity contribution in [1.82, 2.24) is 4.98 Å². The predicted molar refractivity (Wildman–Crippen MR) is 85.6 cm³/mol. The van der Waals surface area contributed by atoms with E-state index >= 15 is 0 Å². The van der Waals surface area contributed by atoms with Crippen LogP contribution in [-0.4, -0.2) is 10.8 Å². The molecule has 0 saturated heterocycles. The second-order valence-corrected chi connectivity index (χ2v) is 5.26. The Kier molecular flexibility index (Phi) is 3.78. The van der Waals surface area contributed by atoms with Crippen LogP contribution in [0.25, 0.3) is 10.8 Å². The first-order valence-corrected chi connectivity index (χ1v) is 7.16. The summed E-state index contributed by atoms with van der Waals surface area (Å²) in [4.78, 5) is 16.7. The van der Waals surface area contributed by atoms with Crippen molar-refractivity contribution in [2.45, 2.75) is 19.8 Å². The summed E-state index contributed by atoms with van der Waals surface area (Å²) in [5, 5.41) is 2.00. The maximum atomic E-state index is 12.5. The number of fused-ring (bicyclic) bond motifs is 1. The lowest BCUT2D eigenvalue weighted by Gasteiger charge is -2.07. The zero-order valence-corrected chi connectivity index (χ0v) is 12.0. The van der Waals surface area contributed by atoms with Crippen molar-refractivity contribution in [3.63, 3.8) is 0 Å². The van der Waals surface area contributed by atoms with E-state index in [4.69, 9.17) is 0 Å². The van der Waals surface area contributed by atoms with Crippen LogP contribution in [0.5, 0.6) is 0 Å². The molecule has 2 aromatic carbocycles. The first-order chi connectivity index (χ1) is 10.3. The van der Waals surface area contributed by atoms with E-state index in [1.54, 1.807) is 12.4 Å². The number of carbonyl (C=O) groups excluding carboxylic acids is 1. The zero-order chi connectivity index (χ0) is 14.7. The third-order valence-corrected chi connectivity index (χ3v) is 3.85. The van der Waals surface area contributed by atoms with Crippen LogP contribution in [-0.2, 0) is 6.42 Å². The quantitative estimate of drug-likeness (QED) is 0.662. The number of hydrogen-bond donors (Lipinski definition) is 0. The molecule has 2 heteroatoms. The summed E-state index contributed by atoms with van der Waals surface area (Å²) in [6, 6.07) is 16.1. The monoisotopic (exact) mass is 275 g/mol. The largest absolute Gasteiger partial charge is 0.294 e. The van der Waals surface area contributed by atoms with Gasteiger partial charge in [-0.1, -0.05) is 48.5 Å². The minimum Gasteiger partial charge on any atom is -0.294 e. The number of rotatable bonds is 4. The van der Waals surface area contributed by atoms with Gasteiger partial charge < -0.3 is 0 Å². The van der Waals surface area contributed by atoms with E-state index < -0.39 is 0 Å². The summed E-state index contributed by atoms with van der Waals surface area (Å²) in [7, 11) is 0. The lowest BCUT2D eigenvalue weighted by atomic mass is 9.98. The van der Waals surface area contributed by atoms with E-state index in [1.807, 2.05) is 36.4 Å². The van der Waals surface area contributed by atoms with Crippen LogP contribution in [0.15, 0.2) is 60.9 Å². The van der Waals surface area contributed by atoms with Crippen molar-refractivity contribution in [2.24, 2.45) is 0 Å². The predicted octanol–water partition coefficient (Wildman–Crippen LogP) is 4.36. The molecule has 0 saturated carbocycles. The average molecular weight is 275 g/mol. The number of hydrogen-bond acceptors (Lipinski definition) is 2. The average Bonchev–Trinajstić information content (AvgIpc) is 2.53. The van der Waals surface area contributed by atoms with Crippen molar-refractivity contribution < 1.29 is 4.79 Å². The van der Waals surface area contributed by atoms with Gasteiger partial charge in [-0.3, -0.25) is 9.78 Å². The van der Waals surface area contributed by atoms with E-state index in [0.717, 1.165) is 22.8 Å². The molecule has 3 aromatic rings. The number of Topliss-reactive ketones (excluding diaryl/α,β-unsaturated/α-hetero) is 1. The summed E-state index contributed by atoms with van der Waals surface area (Å²) in [6.07, 6.45) is 4.77. The third-order valence-electron chi connectivity index (χ3n) is 3.85. The fourth-order valence-corrected chi connectivity index (χ4v) is 2.61. The van der Waals surface area contributed by atoms with E-state index in [-0.39, 0.29) is 5.78 Å². The topological polar surface area (TPSA) is 30.0 Å². The van der Waals surface area contributed by atoms with Gasteiger partial charge in [0, 0.05) is 29.8 Å². The maximum Gasteiger partial charge on any atom is 0.165 e. The molecular formula is C19H17NO. The van der Waals surface area contributed by atoms with Crippen LogP contribution in [0.2, 0.25) is 0 Å². The summed E-state index contributed by atoms with van der Waals surface area (Å²) < 4.78 is 0. The maximum absolute atomic E-state index is 12.5. The second-order valence-electron chi connectivity index (χ2n) is 5.26. The van der Waals surface area contributed by atoms with Crippen molar-refractivity contribution in [2.75, 3.05) is 0 Å². The molecule has 0 atom stereocenters. The number of aromatic nitrogens is 1. The number of benzene rings is 2. The Labute approximate surface area is 124 Å². The molecule has 0 bridgehead atoms. The van der Waals surface area contributed by atoms with E-state index in [2.05, 4.69) is 24.0 Å². The van der Waals surface area contributed by atoms with Gasteiger partial charge >= 0.3 is 0 Å². The Morgan fingerprint density at radius 3 is 2.62 bits per heavy atom. The standard InChI is InChI=1S/C19H17NO/c1-14-6-2-3-7-15(14)10-11-19(21)18-13-20-12-16-8-4-5-9-17(16)18/h2-9,12-13H,10-11H2,1H3. The third kappa shape index (κ3) is 2.84. The second kappa shape index (κ2) is 5.88. The molecule has 0 fully saturated rings. The SMILES string of the molecule is Cc1ccccc1CCC(=O)c1cncc2ccccc12. The lowest BCUT2D eigenvalue weighted by Crippen LogP contribution is -2.03. The van der Waals surface area contributed by atoms with Gasteiger partial charge in [0.05, 0.1) is 0 Å². The molecule has 104 valence electrons. The Bertz CT molecular complexity index is 787. The molecule has 0 amide bonds. The Morgan fingerprint density at radius 2 is 1.76 bits per heavy atom. The Morgan fingerprint density at radius 1 is 1.00 bits per heavy atom. The number of aryl methyl sites for hydroxylation is 2. The highest BCUT2D eigenvalue weighted by molar-refractivity contribution is 6.07. The molecule has 0 aliphatic rings. The molecule has 2 nitrogen and oxygen atoms in total. The molecule has 21 heavy (non-hydrogen) atoms. The van der Waals surface area contributed by atoms with E-state index in [9.17, 15) is 4.79 Å². The van der Waals surface area contributed by atoms with Crippen LogP contribution in [0.4, 0.5) is 0 Å². The summed E-state index contributed by atoms with van der Waals surface area (Å²) in [5.41, 5.74) is 3.20. The van der Waals surface area contributed by atoms with Crippen molar-refractivity contribution in [3.8, 4) is 0 Å². The highest BCUT2D eigenvalue weighted by atomic mass is 16.1. The molecule has 1 aromatic heterocycles. The van der Waals surface area contributed by atoms with Gasteiger partial charge in [0.15, 0.2) is 5.78 Å². The first-order valence-electron chi connectivity index (χ1n) is 7.16. The Hall–Kier alpha value is -2.48. The van der Waals surface area contributed by atoms with Gasteiger partial charge in [-0.15, -0.1) is 0 Å². The molecule has 3 rings (SSSR count). The number of ketones is 1. The molecule has 0 spiro atoms. The zero-order valence-electron chi connectivity index (χ0n) is 12.0. The molecule has 0 N–H and O–H groups in total. The minimum absolute atomic E-state index is 0.155. The Balaban J connectivity index is 1.83. The van der Waals surface area contributed by atoms with Gasteiger partial charge in [0.1, 0.15) is 0 Å². The van der Waals surface area contributed by atoms with Gasteiger partial charge in [-0.2, -0.15) is 0 Å². The minimum atomic E-state index is 0.155. The van der Waals surface area contributed by atoms with Crippen molar-refractivity contribution >= 4 is 16.6 Å². The summed E-state index contributed by atoms with van der Waals surface area (Å²) >= 11 is 0. The lowest BCUT2D eigenvalue weighted by molar-refractivity contribution is 0.0984. The van der Waals surface area contributed by atoms with Gasteiger partial charge in [-0.25, -0.2) is 0 Å². The van der Waals surface area contributed by atoms with Crippen molar-refractivity contribution in [1.29, 1.82) is 0 Å². The van der Waals surface area contributed by atoms with Crippen molar-refractivity contribution in [3.05, 3.63) is 77.6 Å². The number of nitrogens with zero attached hydrogens (tertiary/aromatic N) is 1. The fraction of sp³-hybridized carbons (Fsp3) is 0.158. The highest BCUT2D eigenvalue weighted by Gasteiger charge is 2.11. The number of pyridine rings is 1. The molecular weight excluding hydrogens is 258 g/mol. The fourth-order valence-electron chi connectivity index (χ4n) is 2.61. The van der Waals surface area contributed by atoms with Gasteiger partial charge in [0.2, 0.25) is 0 Å². The molecule has 0 unspecified atom stereocenters. The van der Waals surface area contributed by atoms with Crippen LogP contribution in [0, 0.1) is 6.92 Å². The van der Waals surface area contributed by atoms with Crippen LogP contribution >= 0.6 is 0 Å². The van der Waals surface area contributed by atoms with Crippen LogP contribution in [0.1, 0.15) is 27.9 Å².